The van der Waals surface area contributed by atoms with E-state index in [1.807, 2.05) is 0 Å². The van der Waals surface area contributed by atoms with Gasteiger partial charge in [-0.3, -0.25) is 10.1 Å². The molecule has 1 saturated carbocycles. The topological polar surface area (TPSA) is 103 Å². The van der Waals surface area contributed by atoms with Crippen LogP contribution in [-0.4, -0.2) is 27.1 Å². The second kappa shape index (κ2) is 5.85. The minimum absolute atomic E-state index is 0.00167. The summed E-state index contributed by atoms with van der Waals surface area (Å²) < 4.78 is 5.63. The lowest BCUT2D eigenvalue weighted by Crippen LogP contribution is -2.23. The van der Waals surface area contributed by atoms with Gasteiger partial charge in [0, 0.05) is 6.07 Å². The molecular weight excluding hydrogens is 264 g/mol. The summed E-state index contributed by atoms with van der Waals surface area (Å²) in [5.74, 6) is -0.553. The van der Waals surface area contributed by atoms with Crippen LogP contribution < -0.4 is 4.74 Å². The number of aromatic carboxylic acids is 1. The second-order valence-electron chi connectivity index (χ2n) is 5.10. The van der Waals surface area contributed by atoms with E-state index in [9.17, 15) is 14.9 Å². The Hall–Kier alpha value is -2.18. The van der Waals surface area contributed by atoms with Crippen molar-refractivity contribution in [3.8, 4) is 5.88 Å². The average Bonchev–Trinajstić information content (AvgIpc) is 2.41. The minimum Gasteiger partial charge on any atom is -0.477 e. The molecule has 0 saturated heterocycles. The summed E-state index contributed by atoms with van der Waals surface area (Å²) in [6.07, 6.45) is 4.84. The van der Waals surface area contributed by atoms with Gasteiger partial charge in [0.2, 0.25) is 5.88 Å². The van der Waals surface area contributed by atoms with Gasteiger partial charge in [0.05, 0.1) is 4.92 Å². The molecule has 0 aromatic carbocycles. The summed E-state index contributed by atoms with van der Waals surface area (Å²) in [5.41, 5.74) is -0.925. The third-order valence-electron chi connectivity index (χ3n) is 3.54. The number of rotatable bonds is 4. The molecule has 7 heteroatoms. The van der Waals surface area contributed by atoms with Crippen molar-refractivity contribution >= 4 is 11.7 Å². The highest BCUT2D eigenvalue weighted by molar-refractivity contribution is 5.92. The lowest BCUT2D eigenvalue weighted by Gasteiger charge is -2.26. The van der Waals surface area contributed by atoms with Gasteiger partial charge in [-0.25, -0.2) is 9.78 Å². The molecule has 1 N–H and O–H groups in total. The first-order valence-corrected chi connectivity index (χ1v) is 6.51. The number of aromatic nitrogens is 1. The van der Waals surface area contributed by atoms with E-state index in [1.54, 1.807) is 0 Å². The quantitative estimate of drug-likeness (QED) is 0.671. The number of hydrogen-bond acceptors (Lipinski definition) is 5. The van der Waals surface area contributed by atoms with Crippen molar-refractivity contribution in [2.24, 2.45) is 5.92 Å². The fourth-order valence-electron chi connectivity index (χ4n) is 2.33. The van der Waals surface area contributed by atoms with Crippen LogP contribution in [-0.2, 0) is 0 Å². The largest absolute Gasteiger partial charge is 0.477 e. The molecule has 1 aliphatic rings. The Morgan fingerprint density at radius 2 is 2.10 bits per heavy atom. The standard InChI is InChI=1S/C13H16N2O5/c1-8-2-4-9(5-3-8)20-12-6-10(13(16)17)11(7-14-12)15(18)19/h6-9H,2-5H2,1H3,(H,16,17). The maximum atomic E-state index is 11.0. The van der Waals surface area contributed by atoms with Crippen LogP contribution in [0.2, 0.25) is 0 Å². The maximum Gasteiger partial charge on any atom is 0.342 e. The van der Waals surface area contributed by atoms with E-state index >= 15 is 0 Å². The first kappa shape index (κ1) is 14.2. The number of pyridine rings is 1. The second-order valence-corrected chi connectivity index (χ2v) is 5.10. The van der Waals surface area contributed by atoms with E-state index < -0.39 is 22.1 Å². The van der Waals surface area contributed by atoms with Gasteiger partial charge in [-0.05, 0) is 31.6 Å². The van der Waals surface area contributed by atoms with E-state index in [1.165, 1.54) is 0 Å². The van der Waals surface area contributed by atoms with Crippen molar-refractivity contribution in [2.45, 2.75) is 38.7 Å². The summed E-state index contributed by atoms with van der Waals surface area (Å²) >= 11 is 0. The predicted octanol–water partition coefficient (Wildman–Crippen LogP) is 2.65. The van der Waals surface area contributed by atoms with Crippen LogP contribution in [0.25, 0.3) is 0 Å². The van der Waals surface area contributed by atoms with Crippen LogP contribution in [0.3, 0.4) is 0 Å². The fourth-order valence-corrected chi connectivity index (χ4v) is 2.33. The number of nitrogens with zero attached hydrogens (tertiary/aromatic N) is 2. The molecule has 1 aromatic rings. The van der Waals surface area contributed by atoms with Gasteiger partial charge in [0.15, 0.2) is 0 Å². The zero-order chi connectivity index (χ0) is 14.7. The van der Waals surface area contributed by atoms with Crippen molar-refractivity contribution in [1.82, 2.24) is 4.98 Å². The lowest BCUT2D eigenvalue weighted by molar-refractivity contribution is -0.385. The number of carbonyl (C=O) groups is 1. The molecule has 7 nitrogen and oxygen atoms in total. The average molecular weight is 280 g/mol. The Morgan fingerprint density at radius 1 is 1.45 bits per heavy atom. The first-order chi connectivity index (χ1) is 9.47. The highest BCUT2D eigenvalue weighted by atomic mass is 16.6. The molecule has 1 fully saturated rings. The highest BCUT2D eigenvalue weighted by Gasteiger charge is 2.24. The number of carboxylic acids is 1. The minimum atomic E-state index is -1.36. The van der Waals surface area contributed by atoms with Gasteiger partial charge in [-0.15, -0.1) is 0 Å². The predicted molar refractivity (Wildman–Crippen MR) is 69.9 cm³/mol. The Labute approximate surface area is 115 Å². The molecular formula is C13H16N2O5. The third-order valence-corrected chi connectivity index (χ3v) is 3.54. The van der Waals surface area contributed by atoms with Gasteiger partial charge >= 0.3 is 11.7 Å². The molecule has 2 rings (SSSR count). The summed E-state index contributed by atoms with van der Waals surface area (Å²) in [4.78, 5) is 24.8. The molecule has 0 spiro atoms. The molecule has 0 radical (unpaired) electrons. The highest BCUT2D eigenvalue weighted by Crippen LogP contribution is 2.28. The van der Waals surface area contributed by atoms with Gasteiger partial charge < -0.3 is 9.84 Å². The van der Waals surface area contributed by atoms with E-state index in [2.05, 4.69) is 11.9 Å². The third kappa shape index (κ3) is 3.23. The van der Waals surface area contributed by atoms with Crippen LogP contribution in [0.5, 0.6) is 5.88 Å². The van der Waals surface area contributed by atoms with Crippen molar-refractivity contribution in [3.63, 3.8) is 0 Å². The van der Waals surface area contributed by atoms with Crippen molar-refractivity contribution in [1.29, 1.82) is 0 Å². The fraction of sp³-hybridized carbons (Fsp3) is 0.538. The van der Waals surface area contributed by atoms with Gasteiger partial charge in [0.25, 0.3) is 0 Å². The first-order valence-electron chi connectivity index (χ1n) is 6.51. The summed E-state index contributed by atoms with van der Waals surface area (Å²) in [6, 6.07) is 1.12. The molecule has 0 bridgehead atoms. The summed E-state index contributed by atoms with van der Waals surface area (Å²) in [7, 11) is 0. The molecule has 1 aliphatic carbocycles. The van der Waals surface area contributed by atoms with E-state index in [0.29, 0.717) is 5.92 Å². The molecule has 0 unspecified atom stereocenters. The van der Waals surface area contributed by atoms with Crippen LogP contribution in [0, 0.1) is 16.0 Å². The number of ether oxygens (including phenoxy) is 1. The van der Waals surface area contributed by atoms with Crippen molar-refractivity contribution < 1.29 is 19.6 Å². The Bertz CT molecular complexity index is 523. The summed E-state index contributed by atoms with van der Waals surface area (Å²) in [5, 5.41) is 19.7. The van der Waals surface area contributed by atoms with Crippen LogP contribution >= 0.6 is 0 Å². The number of hydrogen-bond donors (Lipinski definition) is 1. The van der Waals surface area contributed by atoms with Crippen molar-refractivity contribution in [3.05, 3.63) is 27.9 Å². The number of nitro groups is 1. The molecule has 20 heavy (non-hydrogen) atoms. The number of carboxylic acid groups (broad SMARTS) is 1. The Balaban J connectivity index is 2.15. The van der Waals surface area contributed by atoms with Crippen molar-refractivity contribution in [2.75, 3.05) is 0 Å². The summed E-state index contributed by atoms with van der Waals surface area (Å²) in [6.45, 7) is 2.18. The SMILES string of the molecule is CC1CCC(Oc2cc(C(=O)O)c([N+](=O)[O-])cn2)CC1. The molecule has 0 atom stereocenters. The van der Waals surface area contributed by atoms with Gasteiger partial charge in [0.1, 0.15) is 17.9 Å². The molecule has 108 valence electrons. The normalized spacial score (nSPS) is 22.2. The smallest absolute Gasteiger partial charge is 0.342 e. The van der Waals surface area contributed by atoms with Gasteiger partial charge in [-0.1, -0.05) is 6.92 Å². The molecule has 1 aromatic heterocycles. The Morgan fingerprint density at radius 3 is 2.65 bits per heavy atom. The zero-order valence-corrected chi connectivity index (χ0v) is 11.1. The van der Waals surface area contributed by atoms with E-state index in [0.717, 1.165) is 37.9 Å². The lowest BCUT2D eigenvalue weighted by atomic mass is 9.89. The zero-order valence-electron chi connectivity index (χ0n) is 11.1. The van der Waals surface area contributed by atoms with Crippen LogP contribution in [0.1, 0.15) is 43.0 Å². The molecule has 0 aliphatic heterocycles. The molecule has 1 heterocycles. The van der Waals surface area contributed by atoms with Crippen LogP contribution in [0.15, 0.2) is 12.3 Å². The van der Waals surface area contributed by atoms with Crippen LogP contribution in [0.4, 0.5) is 5.69 Å². The maximum absolute atomic E-state index is 11.0. The van der Waals surface area contributed by atoms with Gasteiger partial charge in [-0.2, -0.15) is 0 Å². The van der Waals surface area contributed by atoms with E-state index in [4.69, 9.17) is 9.84 Å². The monoisotopic (exact) mass is 280 g/mol. The van der Waals surface area contributed by atoms with E-state index in [-0.39, 0.29) is 12.0 Å². The molecule has 0 amide bonds. The Kier molecular flexibility index (Phi) is 4.16.